The number of ether oxygens (including phenoxy) is 1. The summed E-state index contributed by atoms with van der Waals surface area (Å²) in [7, 11) is 0. The lowest BCUT2D eigenvalue weighted by atomic mass is 10.1. The molecule has 1 N–H and O–H groups in total. The van der Waals surface area contributed by atoms with E-state index in [2.05, 4.69) is 0 Å². The molecule has 0 amide bonds. The molecule has 0 saturated heterocycles. The van der Waals surface area contributed by atoms with Crippen LogP contribution in [-0.2, 0) is 4.79 Å². The maximum atomic E-state index is 10.9. The number of carbonyl (C=O) groups is 2. The van der Waals surface area contributed by atoms with Gasteiger partial charge in [-0.1, -0.05) is 0 Å². The Bertz CT molecular complexity index is 517. The molecule has 20 heavy (non-hydrogen) atoms. The van der Waals surface area contributed by atoms with Gasteiger partial charge in [0.15, 0.2) is 6.29 Å². The van der Waals surface area contributed by atoms with Crippen molar-refractivity contribution in [1.29, 1.82) is 0 Å². The summed E-state index contributed by atoms with van der Waals surface area (Å²) >= 11 is 0. The van der Waals surface area contributed by atoms with Gasteiger partial charge in [-0.05, 0) is 19.4 Å². The summed E-state index contributed by atoms with van der Waals surface area (Å²) in [5.41, 5.74) is 0.0747. The second-order valence-corrected chi connectivity index (χ2v) is 3.84. The number of nitrogens with zero attached hydrogens (tertiary/aromatic N) is 1. The highest BCUT2D eigenvalue weighted by molar-refractivity contribution is 5.85. The van der Waals surface area contributed by atoms with E-state index >= 15 is 0 Å². The molecule has 0 bridgehead atoms. The maximum absolute atomic E-state index is 10.9. The van der Waals surface area contributed by atoms with Gasteiger partial charge in [-0.15, -0.1) is 12.4 Å². The van der Waals surface area contributed by atoms with Gasteiger partial charge in [-0.2, -0.15) is 0 Å². The molecular weight excluding hydrogens is 290 g/mol. The Morgan fingerprint density at radius 2 is 2.15 bits per heavy atom. The van der Waals surface area contributed by atoms with E-state index in [1.165, 1.54) is 12.1 Å². The van der Waals surface area contributed by atoms with Crippen molar-refractivity contribution in [1.82, 2.24) is 0 Å². The topological polar surface area (TPSA) is 107 Å². The molecule has 0 aliphatic heterocycles. The van der Waals surface area contributed by atoms with Gasteiger partial charge in [0, 0.05) is 18.1 Å². The van der Waals surface area contributed by atoms with Crippen LogP contribution in [0.3, 0.4) is 0 Å². The fourth-order valence-corrected chi connectivity index (χ4v) is 1.56. The normalized spacial score (nSPS) is 9.45. The number of carboxylic acids is 1. The summed E-state index contributed by atoms with van der Waals surface area (Å²) in [6, 6.07) is 2.60. The SMILES string of the molecule is Cc1c(OCCCC(=O)O)ccc([N+](=O)[O-])c1C=O.Cl. The number of nitro groups is 1. The number of carbonyl (C=O) groups excluding carboxylic acids is 1. The number of carboxylic acid groups (broad SMARTS) is 1. The molecule has 0 saturated carbocycles. The van der Waals surface area contributed by atoms with Crippen molar-refractivity contribution >= 4 is 30.3 Å². The predicted molar refractivity (Wildman–Crippen MR) is 72.8 cm³/mol. The lowest BCUT2D eigenvalue weighted by Crippen LogP contribution is -2.05. The summed E-state index contributed by atoms with van der Waals surface area (Å²) in [4.78, 5) is 31.3. The average Bonchev–Trinajstić information content (AvgIpc) is 2.35. The van der Waals surface area contributed by atoms with Gasteiger partial charge in [-0.25, -0.2) is 0 Å². The largest absolute Gasteiger partial charge is 0.493 e. The Morgan fingerprint density at radius 1 is 1.50 bits per heavy atom. The van der Waals surface area contributed by atoms with Crippen LogP contribution in [0.5, 0.6) is 5.75 Å². The Morgan fingerprint density at radius 3 is 2.65 bits per heavy atom. The first kappa shape index (κ1) is 17.8. The first-order valence-corrected chi connectivity index (χ1v) is 5.55. The van der Waals surface area contributed by atoms with Gasteiger partial charge in [0.05, 0.1) is 17.1 Å². The molecule has 8 heteroatoms. The molecule has 0 spiro atoms. The second kappa shape index (κ2) is 8.11. The molecule has 0 atom stereocenters. The minimum Gasteiger partial charge on any atom is -0.493 e. The molecule has 0 heterocycles. The fraction of sp³-hybridized carbons (Fsp3) is 0.333. The number of aliphatic carboxylic acids is 1. The van der Waals surface area contributed by atoms with Gasteiger partial charge in [-0.3, -0.25) is 19.7 Å². The molecule has 0 radical (unpaired) electrons. The lowest BCUT2D eigenvalue weighted by Gasteiger charge is -2.10. The van der Waals surface area contributed by atoms with Gasteiger partial charge in [0.25, 0.3) is 5.69 Å². The number of rotatable bonds is 7. The third kappa shape index (κ3) is 4.51. The van der Waals surface area contributed by atoms with Crippen molar-refractivity contribution in [2.75, 3.05) is 6.61 Å². The molecule has 7 nitrogen and oxygen atoms in total. The quantitative estimate of drug-likeness (QED) is 0.359. The molecule has 1 rings (SSSR count). The van der Waals surface area contributed by atoms with Crippen molar-refractivity contribution in [3.05, 3.63) is 33.4 Å². The third-order valence-electron chi connectivity index (χ3n) is 2.55. The van der Waals surface area contributed by atoms with Gasteiger partial charge in [0.1, 0.15) is 5.75 Å². The van der Waals surface area contributed by atoms with Crippen LogP contribution in [0, 0.1) is 17.0 Å². The van der Waals surface area contributed by atoms with Crippen LogP contribution in [0.1, 0.15) is 28.8 Å². The Balaban J connectivity index is 0.00000361. The number of benzene rings is 1. The molecule has 0 unspecified atom stereocenters. The van der Waals surface area contributed by atoms with Gasteiger partial charge in [0.2, 0.25) is 0 Å². The molecule has 1 aromatic rings. The number of hydrogen-bond donors (Lipinski definition) is 1. The minimum absolute atomic E-state index is 0. The Labute approximate surface area is 121 Å². The van der Waals surface area contributed by atoms with E-state index in [-0.39, 0.29) is 36.7 Å². The molecular formula is C12H14ClNO6. The van der Waals surface area contributed by atoms with Crippen LogP contribution in [-0.4, -0.2) is 28.9 Å². The summed E-state index contributed by atoms with van der Waals surface area (Å²) < 4.78 is 5.32. The highest BCUT2D eigenvalue weighted by Crippen LogP contribution is 2.28. The van der Waals surface area contributed by atoms with E-state index in [4.69, 9.17) is 9.84 Å². The zero-order valence-corrected chi connectivity index (χ0v) is 11.5. The van der Waals surface area contributed by atoms with Crippen LogP contribution in [0.4, 0.5) is 5.69 Å². The predicted octanol–water partition coefficient (Wildman–Crippen LogP) is 2.38. The van der Waals surface area contributed by atoms with Crippen LogP contribution in [0.25, 0.3) is 0 Å². The van der Waals surface area contributed by atoms with Crippen LogP contribution < -0.4 is 4.74 Å². The monoisotopic (exact) mass is 303 g/mol. The third-order valence-corrected chi connectivity index (χ3v) is 2.55. The van der Waals surface area contributed by atoms with E-state index in [0.717, 1.165) is 0 Å². The highest BCUT2D eigenvalue weighted by Gasteiger charge is 2.18. The lowest BCUT2D eigenvalue weighted by molar-refractivity contribution is -0.385. The summed E-state index contributed by atoms with van der Waals surface area (Å²) in [5.74, 6) is -0.573. The van der Waals surface area contributed by atoms with Crippen molar-refractivity contribution < 1.29 is 24.4 Å². The van der Waals surface area contributed by atoms with Crippen LogP contribution >= 0.6 is 12.4 Å². The average molecular weight is 304 g/mol. The van der Waals surface area contributed by atoms with E-state index in [0.29, 0.717) is 24.0 Å². The molecule has 0 fully saturated rings. The second-order valence-electron chi connectivity index (χ2n) is 3.84. The van der Waals surface area contributed by atoms with Crippen molar-refractivity contribution in [3.63, 3.8) is 0 Å². The highest BCUT2D eigenvalue weighted by atomic mass is 35.5. The number of nitro benzene ring substituents is 1. The zero-order chi connectivity index (χ0) is 14.4. The molecule has 110 valence electrons. The van der Waals surface area contributed by atoms with Crippen LogP contribution in [0.15, 0.2) is 12.1 Å². The van der Waals surface area contributed by atoms with Crippen molar-refractivity contribution in [2.45, 2.75) is 19.8 Å². The Kier molecular flexibility index (Phi) is 7.24. The number of halogens is 1. The number of aldehydes is 1. The molecule has 0 aliphatic rings. The fourth-order valence-electron chi connectivity index (χ4n) is 1.56. The Hall–Kier alpha value is -2.15. The number of hydrogen-bond acceptors (Lipinski definition) is 5. The maximum Gasteiger partial charge on any atom is 0.303 e. The smallest absolute Gasteiger partial charge is 0.303 e. The van der Waals surface area contributed by atoms with E-state index in [1.54, 1.807) is 6.92 Å². The first-order valence-electron chi connectivity index (χ1n) is 5.55. The molecule has 0 aromatic heterocycles. The summed E-state index contributed by atoms with van der Waals surface area (Å²) in [6.45, 7) is 1.71. The molecule has 1 aromatic carbocycles. The van der Waals surface area contributed by atoms with E-state index in [9.17, 15) is 19.7 Å². The molecule has 0 aliphatic carbocycles. The van der Waals surface area contributed by atoms with E-state index in [1.807, 2.05) is 0 Å². The van der Waals surface area contributed by atoms with Crippen molar-refractivity contribution in [2.24, 2.45) is 0 Å². The van der Waals surface area contributed by atoms with Crippen molar-refractivity contribution in [3.8, 4) is 5.75 Å². The summed E-state index contributed by atoms with van der Waals surface area (Å²) in [6.07, 6.45) is 0.715. The first-order chi connectivity index (χ1) is 8.97. The van der Waals surface area contributed by atoms with Gasteiger partial charge < -0.3 is 9.84 Å². The standard InChI is InChI=1S/C12H13NO6.ClH/c1-8-9(7-14)10(13(17)18)4-5-11(8)19-6-2-3-12(15)16;/h4-5,7H,2-3,6H2,1H3,(H,15,16);1H. The van der Waals surface area contributed by atoms with Gasteiger partial charge >= 0.3 is 5.97 Å². The minimum atomic E-state index is -0.919. The zero-order valence-electron chi connectivity index (χ0n) is 10.7. The van der Waals surface area contributed by atoms with E-state index < -0.39 is 10.9 Å². The summed E-state index contributed by atoms with van der Waals surface area (Å²) in [5, 5.41) is 19.2. The van der Waals surface area contributed by atoms with Crippen LogP contribution in [0.2, 0.25) is 0 Å².